The average Bonchev–Trinajstić information content (AvgIpc) is 2.74. The number of halogens is 3. The second kappa shape index (κ2) is 7.16. The highest BCUT2D eigenvalue weighted by atomic mass is 79.9. The summed E-state index contributed by atoms with van der Waals surface area (Å²) in [5.74, 6) is -0.230. The van der Waals surface area contributed by atoms with Gasteiger partial charge < -0.3 is 5.32 Å². The normalized spacial score (nSPS) is 12.7. The fraction of sp³-hybridized carbons (Fsp3) is 0.333. The molecule has 2 aromatic rings. The Bertz CT molecular complexity index is 578. The van der Waals surface area contributed by atoms with E-state index in [4.69, 9.17) is 0 Å². The van der Waals surface area contributed by atoms with E-state index in [1.807, 2.05) is 12.1 Å². The number of nitrogens with one attached hydrogen (secondary N) is 1. The largest absolute Gasteiger partial charge is 0.306 e. The molecule has 0 fully saturated rings. The maximum atomic E-state index is 13.4. The second-order valence-electron chi connectivity index (χ2n) is 4.61. The summed E-state index contributed by atoms with van der Waals surface area (Å²) in [6, 6.07) is 7.45. The lowest BCUT2D eigenvalue weighted by molar-refractivity contribution is 0.596. The molecule has 0 spiro atoms. The zero-order valence-corrected chi connectivity index (χ0v) is 15.3. The molecule has 1 heterocycles. The molecule has 108 valence electrons. The van der Waals surface area contributed by atoms with E-state index in [0.717, 1.165) is 23.0 Å². The summed E-state index contributed by atoms with van der Waals surface area (Å²) in [4.78, 5) is 2.49. The van der Waals surface area contributed by atoms with Crippen molar-refractivity contribution in [3.8, 4) is 0 Å². The van der Waals surface area contributed by atoms with Crippen LogP contribution in [0, 0.1) is 12.7 Å². The molecule has 1 nitrogen and oxygen atoms in total. The summed E-state index contributed by atoms with van der Waals surface area (Å²) < 4.78 is 15.0. The van der Waals surface area contributed by atoms with Crippen LogP contribution in [0.4, 0.5) is 4.39 Å². The Morgan fingerprint density at radius 2 is 2.00 bits per heavy atom. The first-order valence-corrected chi connectivity index (χ1v) is 8.87. The van der Waals surface area contributed by atoms with E-state index in [1.165, 1.54) is 15.8 Å². The molecule has 1 atom stereocenters. The van der Waals surface area contributed by atoms with E-state index in [1.54, 1.807) is 11.3 Å². The molecule has 0 bridgehead atoms. The summed E-state index contributed by atoms with van der Waals surface area (Å²) >= 11 is 8.59. The monoisotopic (exact) mass is 419 g/mol. The van der Waals surface area contributed by atoms with Crippen LogP contribution in [0.2, 0.25) is 0 Å². The first-order valence-electron chi connectivity index (χ1n) is 6.47. The van der Waals surface area contributed by atoms with Crippen LogP contribution in [-0.2, 0) is 0 Å². The van der Waals surface area contributed by atoms with Gasteiger partial charge in [0.15, 0.2) is 0 Å². The van der Waals surface area contributed by atoms with Gasteiger partial charge in [-0.2, -0.15) is 0 Å². The van der Waals surface area contributed by atoms with Crippen molar-refractivity contribution < 1.29 is 4.39 Å². The molecular formula is C15H16Br2FNS. The van der Waals surface area contributed by atoms with Crippen molar-refractivity contribution in [2.75, 3.05) is 6.54 Å². The van der Waals surface area contributed by atoms with Crippen molar-refractivity contribution in [2.24, 2.45) is 0 Å². The van der Waals surface area contributed by atoms with Crippen LogP contribution in [-0.4, -0.2) is 6.54 Å². The number of thiophene rings is 1. The molecule has 2 rings (SSSR count). The van der Waals surface area contributed by atoms with Crippen molar-refractivity contribution >= 4 is 43.2 Å². The zero-order valence-electron chi connectivity index (χ0n) is 11.3. The minimum Gasteiger partial charge on any atom is -0.306 e. The van der Waals surface area contributed by atoms with Gasteiger partial charge in [0.05, 0.1) is 10.5 Å². The predicted octanol–water partition coefficient (Wildman–Crippen LogP) is 5.81. The number of rotatable bonds is 5. The quantitative estimate of drug-likeness (QED) is 0.643. The molecule has 20 heavy (non-hydrogen) atoms. The summed E-state index contributed by atoms with van der Waals surface area (Å²) in [7, 11) is 0. The van der Waals surface area contributed by atoms with Crippen molar-refractivity contribution in [1.82, 2.24) is 5.32 Å². The highest BCUT2D eigenvalue weighted by Crippen LogP contribution is 2.34. The lowest BCUT2D eigenvalue weighted by Gasteiger charge is -2.18. The molecule has 0 aliphatic rings. The van der Waals surface area contributed by atoms with Crippen LogP contribution < -0.4 is 5.32 Å². The Morgan fingerprint density at radius 3 is 2.55 bits per heavy atom. The minimum absolute atomic E-state index is 0.0989. The van der Waals surface area contributed by atoms with Gasteiger partial charge in [0, 0.05) is 14.2 Å². The van der Waals surface area contributed by atoms with Gasteiger partial charge in [0.25, 0.3) is 0 Å². The van der Waals surface area contributed by atoms with E-state index in [9.17, 15) is 4.39 Å². The Morgan fingerprint density at radius 1 is 1.25 bits per heavy atom. The van der Waals surface area contributed by atoms with E-state index in [2.05, 4.69) is 57.1 Å². The molecule has 0 saturated carbocycles. The van der Waals surface area contributed by atoms with Gasteiger partial charge in [-0.25, -0.2) is 4.39 Å². The molecule has 5 heteroatoms. The van der Waals surface area contributed by atoms with Crippen molar-refractivity contribution in [3.05, 3.63) is 54.3 Å². The molecular weight excluding hydrogens is 405 g/mol. The molecule has 0 radical (unpaired) electrons. The third-order valence-corrected chi connectivity index (χ3v) is 5.85. The highest BCUT2D eigenvalue weighted by Gasteiger charge is 2.18. The third kappa shape index (κ3) is 3.70. The van der Waals surface area contributed by atoms with E-state index < -0.39 is 0 Å². The fourth-order valence-electron chi connectivity index (χ4n) is 1.99. The maximum absolute atomic E-state index is 13.4. The van der Waals surface area contributed by atoms with Crippen molar-refractivity contribution in [3.63, 3.8) is 0 Å². The van der Waals surface area contributed by atoms with Gasteiger partial charge in [-0.1, -0.05) is 13.0 Å². The first kappa shape index (κ1) is 16.1. The van der Waals surface area contributed by atoms with Gasteiger partial charge in [0.2, 0.25) is 0 Å². The Balaban J connectivity index is 2.38. The average molecular weight is 421 g/mol. The molecule has 1 aromatic heterocycles. The number of aryl methyl sites for hydroxylation is 1. The smallest absolute Gasteiger partial charge is 0.137 e. The van der Waals surface area contributed by atoms with Gasteiger partial charge >= 0.3 is 0 Å². The third-order valence-electron chi connectivity index (χ3n) is 3.04. The van der Waals surface area contributed by atoms with Crippen LogP contribution in [0.1, 0.15) is 34.7 Å². The minimum atomic E-state index is -0.230. The summed E-state index contributed by atoms with van der Waals surface area (Å²) in [6.07, 6.45) is 1.06. The van der Waals surface area contributed by atoms with E-state index in [-0.39, 0.29) is 11.9 Å². The molecule has 1 aromatic carbocycles. The van der Waals surface area contributed by atoms with Crippen LogP contribution in [0.15, 0.2) is 33.2 Å². The lowest BCUT2D eigenvalue weighted by Crippen LogP contribution is -2.22. The second-order valence-corrected chi connectivity index (χ2v) is 7.61. The Kier molecular flexibility index (Phi) is 5.78. The van der Waals surface area contributed by atoms with Crippen molar-refractivity contribution in [1.29, 1.82) is 0 Å². The first-order chi connectivity index (χ1) is 9.52. The SMILES string of the molecule is CCCNC(c1ccc(F)c(Br)c1)c1cc(Br)c(C)s1. The summed E-state index contributed by atoms with van der Waals surface area (Å²) in [5, 5.41) is 3.54. The Labute approximate surface area is 139 Å². The number of benzene rings is 1. The topological polar surface area (TPSA) is 12.0 Å². The van der Waals surface area contributed by atoms with Crippen LogP contribution in [0.3, 0.4) is 0 Å². The van der Waals surface area contributed by atoms with Gasteiger partial charge in [-0.15, -0.1) is 11.3 Å². The van der Waals surface area contributed by atoms with E-state index in [0.29, 0.717) is 4.47 Å². The van der Waals surface area contributed by atoms with Crippen LogP contribution in [0.5, 0.6) is 0 Å². The molecule has 0 amide bonds. The lowest BCUT2D eigenvalue weighted by atomic mass is 10.1. The van der Waals surface area contributed by atoms with Crippen LogP contribution >= 0.6 is 43.2 Å². The summed E-state index contributed by atoms with van der Waals surface area (Å²) in [6.45, 7) is 5.16. The fourth-order valence-corrected chi connectivity index (χ4v) is 4.05. The highest BCUT2D eigenvalue weighted by molar-refractivity contribution is 9.10. The van der Waals surface area contributed by atoms with Crippen molar-refractivity contribution in [2.45, 2.75) is 26.3 Å². The molecule has 0 aliphatic heterocycles. The van der Waals surface area contributed by atoms with E-state index >= 15 is 0 Å². The number of hydrogen-bond acceptors (Lipinski definition) is 2. The molecule has 1 N–H and O–H groups in total. The standard InChI is InChI=1S/C15H16Br2FNS/c1-3-6-19-15(14-8-11(16)9(2)20-14)10-4-5-13(18)12(17)7-10/h4-5,7-8,15,19H,3,6H2,1-2H3. The molecule has 0 saturated heterocycles. The molecule has 0 aliphatic carbocycles. The van der Waals surface area contributed by atoms with Gasteiger partial charge in [-0.05, 0) is 75.5 Å². The number of hydrogen-bond donors (Lipinski definition) is 1. The van der Waals surface area contributed by atoms with Crippen LogP contribution in [0.25, 0.3) is 0 Å². The predicted molar refractivity (Wildman–Crippen MR) is 91.0 cm³/mol. The zero-order chi connectivity index (χ0) is 14.7. The molecule has 1 unspecified atom stereocenters. The van der Waals surface area contributed by atoms with Gasteiger partial charge in [-0.3, -0.25) is 0 Å². The summed E-state index contributed by atoms with van der Waals surface area (Å²) in [5.41, 5.74) is 1.07. The van der Waals surface area contributed by atoms with Gasteiger partial charge in [0.1, 0.15) is 5.82 Å². The Hall–Kier alpha value is -0.230. The maximum Gasteiger partial charge on any atom is 0.137 e.